The van der Waals surface area contributed by atoms with Crippen LogP contribution in [0.25, 0.3) is 0 Å². The Labute approximate surface area is 76.0 Å². The van der Waals surface area contributed by atoms with Crippen molar-refractivity contribution in [3.8, 4) is 5.75 Å². The number of carbonyl (C=O) groups excluding carboxylic acids is 2. The van der Waals surface area contributed by atoms with Crippen molar-refractivity contribution in [3.05, 3.63) is 29.8 Å². The third-order valence-corrected chi connectivity index (χ3v) is 1.69. The van der Waals surface area contributed by atoms with Gasteiger partial charge in [-0.1, -0.05) is 12.1 Å². The lowest BCUT2D eigenvalue weighted by molar-refractivity contribution is -0.134. The number of ketones is 2. The van der Waals surface area contributed by atoms with Gasteiger partial charge in [0.2, 0.25) is 5.78 Å². The molecule has 3 nitrogen and oxygen atoms in total. The van der Waals surface area contributed by atoms with Gasteiger partial charge in [-0.15, -0.1) is 0 Å². The van der Waals surface area contributed by atoms with Gasteiger partial charge in [0.05, 0.1) is 0 Å². The normalized spacial score (nSPS) is 9.62. The number of benzene rings is 1. The Morgan fingerprint density at radius 3 is 2.23 bits per heavy atom. The highest BCUT2D eigenvalue weighted by Crippen LogP contribution is 2.10. The molecule has 68 valence electrons. The first kappa shape index (κ1) is 9.45. The number of Topliss-reactive ketones (excluding diaryl/α,β-unsaturated/α-hetero) is 2. The lowest BCUT2D eigenvalue weighted by Gasteiger charge is -1.97. The molecule has 0 heterocycles. The minimum atomic E-state index is -0.437. The highest BCUT2D eigenvalue weighted by molar-refractivity contribution is 6.36. The third kappa shape index (κ3) is 2.71. The first-order valence-electron chi connectivity index (χ1n) is 3.91. The average molecular weight is 178 g/mol. The van der Waals surface area contributed by atoms with Crippen LogP contribution in [0.4, 0.5) is 0 Å². The molecule has 0 aliphatic heterocycles. The molecule has 1 N–H and O–H groups in total. The van der Waals surface area contributed by atoms with E-state index in [1.54, 1.807) is 12.1 Å². The van der Waals surface area contributed by atoms with Crippen LogP contribution in [0.3, 0.4) is 0 Å². The van der Waals surface area contributed by atoms with E-state index in [9.17, 15) is 9.59 Å². The van der Waals surface area contributed by atoms with E-state index in [0.717, 1.165) is 5.56 Å². The fourth-order valence-electron chi connectivity index (χ4n) is 0.924. The van der Waals surface area contributed by atoms with Crippen molar-refractivity contribution in [2.75, 3.05) is 0 Å². The first-order valence-corrected chi connectivity index (χ1v) is 3.91. The molecule has 0 saturated heterocycles. The van der Waals surface area contributed by atoms with Crippen molar-refractivity contribution in [3.63, 3.8) is 0 Å². The molecule has 0 aliphatic rings. The Hall–Kier alpha value is -1.64. The predicted octanol–water partition coefficient (Wildman–Crippen LogP) is 1.09. The minimum Gasteiger partial charge on any atom is -0.508 e. The summed E-state index contributed by atoms with van der Waals surface area (Å²) in [6, 6.07) is 6.22. The summed E-state index contributed by atoms with van der Waals surface area (Å²) in [5, 5.41) is 8.95. The molecular formula is C10H10O3. The van der Waals surface area contributed by atoms with Crippen molar-refractivity contribution >= 4 is 11.6 Å². The Kier molecular flexibility index (Phi) is 2.80. The van der Waals surface area contributed by atoms with Crippen molar-refractivity contribution < 1.29 is 14.7 Å². The van der Waals surface area contributed by atoms with E-state index in [2.05, 4.69) is 0 Å². The second-order valence-electron chi connectivity index (χ2n) is 2.82. The second kappa shape index (κ2) is 3.85. The van der Waals surface area contributed by atoms with Gasteiger partial charge in [-0.3, -0.25) is 9.59 Å². The highest BCUT2D eigenvalue weighted by Gasteiger charge is 2.07. The summed E-state index contributed by atoms with van der Waals surface area (Å²) in [4.78, 5) is 21.6. The molecule has 1 rings (SSSR count). The summed E-state index contributed by atoms with van der Waals surface area (Å²) in [5.41, 5.74) is 0.734. The standard InChI is InChI=1S/C10H10O3/c1-7(11)10(13)6-8-2-4-9(12)5-3-8/h2-5,12H,6H2,1H3. The van der Waals surface area contributed by atoms with Crippen LogP contribution in [0.5, 0.6) is 5.75 Å². The van der Waals surface area contributed by atoms with Crippen LogP contribution >= 0.6 is 0 Å². The first-order chi connectivity index (χ1) is 6.09. The van der Waals surface area contributed by atoms with E-state index in [4.69, 9.17) is 5.11 Å². The minimum absolute atomic E-state index is 0.107. The number of carbonyl (C=O) groups is 2. The molecule has 1 aromatic carbocycles. The van der Waals surface area contributed by atoms with E-state index in [1.165, 1.54) is 19.1 Å². The van der Waals surface area contributed by atoms with Crippen molar-refractivity contribution in [1.82, 2.24) is 0 Å². The molecular weight excluding hydrogens is 168 g/mol. The van der Waals surface area contributed by atoms with Gasteiger partial charge in [-0.05, 0) is 17.7 Å². The van der Waals surface area contributed by atoms with Crippen molar-refractivity contribution in [2.24, 2.45) is 0 Å². The molecule has 0 amide bonds. The van der Waals surface area contributed by atoms with Crippen LogP contribution in [0.15, 0.2) is 24.3 Å². The van der Waals surface area contributed by atoms with Gasteiger partial charge in [-0.25, -0.2) is 0 Å². The van der Waals surface area contributed by atoms with Gasteiger partial charge in [0, 0.05) is 13.3 Å². The highest BCUT2D eigenvalue weighted by atomic mass is 16.3. The molecule has 1 aromatic rings. The molecule has 0 radical (unpaired) electrons. The van der Waals surface area contributed by atoms with E-state index >= 15 is 0 Å². The lowest BCUT2D eigenvalue weighted by Crippen LogP contribution is -2.12. The van der Waals surface area contributed by atoms with Crippen LogP contribution < -0.4 is 0 Å². The third-order valence-electron chi connectivity index (χ3n) is 1.69. The lowest BCUT2D eigenvalue weighted by atomic mass is 10.1. The van der Waals surface area contributed by atoms with Crippen LogP contribution in [0.2, 0.25) is 0 Å². The van der Waals surface area contributed by atoms with Crippen molar-refractivity contribution in [1.29, 1.82) is 0 Å². The SMILES string of the molecule is CC(=O)C(=O)Cc1ccc(O)cc1. The molecule has 0 aromatic heterocycles. The maximum atomic E-state index is 11.0. The predicted molar refractivity (Wildman–Crippen MR) is 47.5 cm³/mol. The molecule has 0 spiro atoms. The quantitative estimate of drug-likeness (QED) is 0.705. The van der Waals surface area contributed by atoms with Crippen LogP contribution in [-0.4, -0.2) is 16.7 Å². The number of phenols is 1. The number of aromatic hydroxyl groups is 1. The average Bonchev–Trinajstić information content (AvgIpc) is 2.08. The van der Waals surface area contributed by atoms with Crippen molar-refractivity contribution in [2.45, 2.75) is 13.3 Å². The summed E-state index contributed by atoms with van der Waals surface area (Å²) in [5.74, 6) is -0.696. The Morgan fingerprint density at radius 2 is 1.77 bits per heavy atom. The van der Waals surface area contributed by atoms with Gasteiger partial charge >= 0.3 is 0 Å². The monoisotopic (exact) mass is 178 g/mol. The van der Waals surface area contributed by atoms with Crippen LogP contribution in [-0.2, 0) is 16.0 Å². The Balaban J connectivity index is 2.70. The number of phenolic OH excluding ortho intramolecular Hbond substituents is 1. The summed E-state index contributed by atoms with van der Waals surface area (Å²) in [6.45, 7) is 1.25. The summed E-state index contributed by atoms with van der Waals surface area (Å²) in [6.07, 6.45) is 0.107. The second-order valence-corrected chi connectivity index (χ2v) is 2.82. The molecule has 13 heavy (non-hydrogen) atoms. The summed E-state index contributed by atoms with van der Waals surface area (Å²) >= 11 is 0. The summed E-state index contributed by atoms with van der Waals surface area (Å²) in [7, 11) is 0. The zero-order valence-electron chi connectivity index (χ0n) is 7.28. The van der Waals surface area contributed by atoms with E-state index in [0.29, 0.717) is 0 Å². The van der Waals surface area contributed by atoms with Gasteiger partial charge in [0.25, 0.3) is 0 Å². The molecule has 0 bridgehead atoms. The van der Waals surface area contributed by atoms with Gasteiger partial charge in [0.1, 0.15) is 5.75 Å². The largest absolute Gasteiger partial charge is 0.508 e. The zero-order valence-corrected chi connectivity index (χ0v) is 7.28. The van der Waals surface area contributed by atoms with Crippen LogP contribution in [0.1, 0.15) is 12.5 Å². The number of rotatable bonds is 3. The maximum absolute atomic E-state index is 11.0. The van der Waals surface area contributed by atoms with E-state index < -0.39 is 11.6 Å². The maximum Gasteiger partial charge on any atom is 0.202 e. The van der Waals surface area contributed by atoms with Gasteiger partial charge in [0.15, 0.2) is 5.78 Å². The van der Waals surface area contributed by atoms with E-state index in [1.807, 2.05) is 0 Å². The van der Waals surface area contributed by atoms with Gasteiger partial charge in [-0.2, -0.15) is 0 Å². The smallest absolute Gasteiger partial charge is 0.202 e. The van der Waals surface area contributed by atoms with E-state index in [-0.39, 0.29) is 12.2 Å². The number of hydrogen-bond acceptors (Lipinski definition) is 3. The fourth-order valence-corrected chi connectivity index (χ4v) is 0.924. The molecule has 0 aliphatic carbocycles. The zero-order chi connectivity index (χ0) is 9.84. The molecule has 0 fully saturated rings. The topological polar surface area (TPSA) is 54.4 Å². The Morgan fingerprint density at radius 1 is 1.23 bits per heavy atom. The Bertz CT molecular complexity index is 325. The molecule has 0 saturated carbocycles. The molecule has 0 unspecified atom stereocenters. The molecule has 3 heteroatoms. The fraction of sp³-hybridized carbons (Fsp3) is 0.200. The van der Waals surface area contributed by atoms with Crippen LogP contribution in [0, 0.1) is 0 Å². The molecule has 0 atom stereocenters. The number of hydrogen-bond donors (Lipinski definition) is 1. The summed E-state index contributed by atoms with van der Waals surface area (Å²) < 4.78 is 0. The van der Waals surface area contributed by atoms with Gasteiger partial charge < -0.3 is 5.11 Å².